The molecule has 5 heterocycles. The van der Waals surface area contributed by atoms with Crippen molar-refractivity contribution >= 4 is 33.4 Å². The van der Waals surface area contributed by atoms with Crippen molar-refractivity contribution in [1.82, 2.24) is 30.1 Å². The highest BCUT2D eigenvalue weighted by Gasteiger charge is 2.15. The van der Waals surface area contributed by atoms with E-state index in [0.29, 0.717) is 17.8 Å². The van der Waals surface area contributed by atoms with E-state index in [1.165, 1.54) is 12.1 Å². The molecule has 0 saturated carbocycles. The van der Waals surface area contributed by atoms with Gasteiger partial charge in [-0.1, -0.05) is 19.1 Å². The Morgan fingerprint density at radius 1 is 0.919 bits per heavy atom. The summed E-state index contributed by atoms with van der Waals surface area (Å²) in [6.45, 7) is 1.96. The number of nitrogens with one attached hydrogen (secondary N) is 3. The molecule has 0 bridgehead atoms. The molecule has 0 saturated heterocycles. The summed E-state index contributed by atoms with van der Waals surface area (Å²) in [5, 5.41) is 12.3. The van der Waals surface area contributed by atoms with Gasteiger partial charge >= 0.3 is 0 Å². The van der Waals surface area contributed by atoms with Crippen LogP contribution in [-0.2, 0) is 4.79 Å². The highest BCUT2D eigenvalue weighted by atomic mass is 19.1. The van der Waals surface area contributed by atoms with Crippen LogP contribution in [0.2, 0.25) is 0 Å². The quantitative estimate of drug-likeness (QED) is 0.260. The summed E-state index contributed by atoms with van der Waals surface area (Å²) < 4.78 is 13.5. The lowest BCUT2D eigenvalue weighted by Gasteiger charge is -2.06. The van der Waals surface area contributed by atoms with Crippen molar-refractivity contribution in [3.8, 4) is 33.8 Å². The summed E-state index contributed by atoms with van der Waals surface area (Å²) >= 11 is 0. The maximum Gasteiger partial charge on any atom is 0.224 e. The number of nitrogens with zero attached hydrogens (tertiary/aromatic N) is 4. The molecule has 0 radical (unpaired) electrons. The van der Waals surface area contributed by atoms with Crippen LogP contribution in [0.5, 0.6) is 0 Å². The zero-order valence-electron chi connectivity index (χ0n) is 19.9. The molecule has 0 atom stereocenters. The van der Waals surface area contributed by atoms with Crippen molar-refractivity contribution in [3.63, 3.8) is 0 Å². The Morgan fingerprint density at radius 2 is 1.76 bits per heavy atom. The van der Waals surface area contributed by atoms with Gasteiger partial charge in [0.2, 0.25) is 5.91 Å². The fourth-order valence-corrected chi connectivity index (χ4v) is 4.42. The molecular formula is C28H22FN7O. The van der Waals surface area contributed by atoms with Gasteiger partial charge < -0.3 is 10.3 Å². The Kier molecular flexibility index (Phi) is 5.65. The fraction of sp³-hybridized carbons (Fsp3) is 0.107. The largest absolute Gasteiger partial charge is 0.352 e. The Labute approximate surface area is 211 Å². The van der Waals surface area contributed by atoms with E-state index >= 15 is 0 Å². The first-order chi connectivity index (χ1) is 18.1. The first kappa shape index (κ1) is 22.5. The predicted octanol–water partition coefficient (Wildman–Crippen LogP) is 6.11. The minimum Gasteiger partial charge on any atom is -0.352 e. The van der Waals surface area contributed by atoms with Gasteiger partial charge in [0.15, 0.2) is 0 Å². The second-order valence-corrected chi connectivity index (χ2v) is 8.79. The number of carbonyl (C=O) groups is 1. The van der Waals surface area contributed by atoms with Gasteiger partial charge in [0.1, 0.15) is 11.5 Å². The highest BCUT2D eigenvalue weighted by molar-refractivity contribution is 6.01. The number of carbonyl (C=O) groups excluding carboxylic acids is 1. The van der Waals surface area contributed by atoms with E-state index < -0.39 is 0 Å². The van der Waals surface area contributed by atoms with Gasteiger partial charge in [0.25, 0.3) is 0 Å². The monoisotopic (exact) mass is 491 g/mol. The molecule has 5 aromatic heterocycles. The molecule has 8 nitrogen and oxygen atoms in total. The molecule has 0 unspecified atom stereocenters. The number of amides is 1. The number of aromatic nitrogens is 6. The van der Waals surface area contributed by atoms with Crippen molar-refractivity contribution in [1.29, 1.82) is 0 Å². The second kappa shape index (κ2) is 9.27. The number of aromatic amines is 2. The van der Waals surface area contributed by atoms with E-state index in [2.05, 4.69) is 35.5 Å². The van der Waals surface area contributed by atoms with E-state index in [1.54, 1.807) is 43.1 Å². The first-order valence-corrected chi connectivity index (χ1v) is 11.9. The number of rotatable bonds is 6. The third kappa shape index (κ3) is 4.31. The number of hydrogen-bond donors (Lipinski definition) is 3. The lowest BCUT2D eigenvalue weighted by atomic mass is 10.0. The zero-order valence-corrected chi connectivity index (χ0v) is 19.9. The SMILES string of the molecule is CCCC(=O)Nc1cncc(-c2cc3c(-c4cc5c(-c6ccc(F)cc6)cncc5[nH]4)n[nH]c3cn2)c1. The first-order valence-electron chi connectivity index (χ1n) is 11.9. The molecule has 0 spiro atoms. The third-order valence-corrected chi connectivity index (χ3v) is 6.20. The number of H-pyrrole nitrogens is 2. The summed E-state index contributed by atoms with van der Waals surface area (Å²) in [5.41, 5.74) is 7.07. The zero-order chi connectivity index (χ0) is 25.4. The average molecular weight is 492 g/mol. The minimum absolute atomic E-state index is 0.0460. The van der Waals surface area contributed by atoms with Gasteiger partial charge in [0.05, 0.1) is 46.7 Å². The van der Waals surface area contributed by atoms with E-state index in [9.17, 15) is 9.18 Å². The maximum atomic E-state index is 13.5. The summed E-state index contributed by atoms with van der Waals surface area (Å²) in [6, 6.07) is 12.2. The average Bonchev–Trinajstić information content (AvgIpc) is 3.53. The van der Waals surface area contributed by atoms with E-state index in [4.69, 9.17) is 0 Å². The Hall–Kier alpha value is -4.92. The maximum absolute atomic E-state index is 13.5. The van der Waals surface area contributed by atoms with Gasteiger partial charge in [-0.3, -0.25) is 24.8 Å². The van der Waals surface area contributed by atoms with Crippen LogP contribution in [0.1, 0.15) is 19.8 Å². The summed E-state index contributed by atoms with van der Waals surface area (Å²) in [4.78, 5) is 28.6. The summed E-state index contributed by atoms with van der Waals surface area (Å²) in [7, 11) is 0. The molecule has 0 aliphatic carbocycles. The number of hydrogen-bond acceptors (Lipinski definition) is 5. The third-order valence-electron chi connectivity index (χ3n) is 6.20. The van der Waals surface area contributed by atoms with Crippen molar-refractivity contribution in [2.75, 3.05) is 5.32 Å². The predicted molar refractivity (Wildman–Crippen MR) is 141 cm³/mol. The van der Waals surface area contributed by atoms with Crippen LogP contribution in [-0.4, -0.2) is 36.0 Å². The van der Waals surface area contributed by atoms with Crippen LogP contribution in [0.3, 0.4) is 0 Å². The van der Waals surface area contributed by atoms with E-state index in [1.807, 2.05) is 25.1 Å². The lowest BCUT2D eigenvalue weighted by Crippen LogP contribution is -2.10. The molecule has 37 heavy (non-hydrogen) atoms. The fourth-order valence-electron chi connectivity index (χ4n) is 4.42. The van der Waals surface area contributed by atoms with E-state index in [0.717, 1.165) is 56.3 Å². The van der Waals surface area contributed by atoms with Gasteiger partial charge in [-0.2, -0.15) is 5.10 Å². The molecule has 9 heteroatoms. The van der Waals surface area contributed by atoms with Crippen LogP contribution >= 0.6 is 0 Å². The molecule has 182 valence electrons. The summed E-state index contributed by atoms with van der Waals surface area (Å²) in [5.74, 6) is -0.328. The number of fused-ring (bicyclic) bond motifs is 2. The lowest BCUT2D eigenvalue weighted by molar-refractivity contribution is -0.116. The normalized spacial score (nSPS) is 11.3. The highest BCUT2D eigenvalue weighted by Crippen LogP contribution is 2.34. The topological polar surface area (TPSA) is 112 Å². The van der Waals surface area contributed by atoms with E-state index in [-0.39, 0.29) is 11.7 Å². The molecule has 0 aliphatic rings. The van der Waals surface area contributed by atoms with Gasteiger partial charge in [-0.25, -0.2) is 4.39 Å². The van der Waals surface area contributed by atoms with Crippen LogP contribution < -0.4 is 5.32 Å². The molecule has 1 amide bonds. The Bertz CT molecular complexity index is 1750. The van der Waals surface area contributed by atoms with Gasteiger partial charge in [0, 0.05) is 40.7 Å². The molecule has 6 rings (SSSR count). The van der Waals surface area contributed by atoms with Gasteiger partial charge in [-0.15, -0.1) is 0 Å². The molecule has 0 aliphatic heterocycles. The minimum atomic E-state index is -0.282. The van der Waals surface area contributed by atoms with Gasteiger partial charge in [-0.05, 0) is 42.3 Å². The molecule has 3 N–H and O–H groups in total. The van der Waals surface area contributed by atoms with Crippen molar-refractivity contribution < 1.29 is 9.18 Å². The molecule has 1 aromatic carbocycles. The van der Waals surface area contributed by atoms with Crippen LogP contribution in [0, 0.1) is 5.82 Å². The molecule has 0 fully saturated rings. The second-order valence-electron chi connectivity index (χ2n) is 8.79. The van der Waals surface area contributed by atoms with Crippen LogP contribution in [0.4, 0.5) is 10.1 Å². The smallest absolute Gasteiger partial charge is 0.224 e. The number of halogens is 1. The van der Waals surface area contributed by atoms with Crippen molar-refractivity contribution in [2.45, 2.75) is 19.8 Å². The van der Waals surface area contributed by atoms with Crippen molar-refractivity contribution in [3.05, 3.63) is 79.3 Å². The number of pyridine rings is 3. The Balaban J connectivity index is 1.40. The number of anilines is 1. The summed E-state index contributed by atoms with van der Waals surface area (Å²) in [6.07, 6.45) is 9.83. The van der Waals surface area contributed by atoms with Crippen LogP contribution in [0.25, 0.3) is 55.6 Å². The number of benzene rings is 1. The molecular weight excluding hydrogens is 469 g/mol. The van der Waals surface area contributed by atoms with Crippen molar-refractivity contribution in [2.24, 2.45) is 0 Å². The standard InChI is InChI=1S/C28H22FN7O/c1-2-3-27(37)33-19-8-17(11-30-12-19)23-10-21-26(15-32-23)35-36-28(21)24-9-20-22(13-31-14-25(20)34-24)16-4-6-18(29)7-5-16/h4-15,34H,2-3H2,1H3,(H,33,37)(H,35,36). The Morgan fingerprint density at radius 3 is 2.59 bits per heavy atom. The van der Waals surface area contributed by atoms with Crippen LogP contribution in [0.15, 0.2) is 73.4 Å². The molecule has 6 aromatic rings.